The molecule has 0 fully saturated rings. The fraction of sp³-hybridized carbons (Fsp3) is 0.182. The highest BCUT2D eigenvalue weighted by molar-refractivity contribution is 7.99. The first-order valence-electron chi connectivity index (χ1n) is 5.00. The summed E-state index contributed by atoms with van der Waals surface area (Å²) >= 11 is 1.46. The van der Waals surface area contributed by atoms with Crippen LogP contribution >= 0.6 is 11.8 Å². The molecular formula is C11H10N4OS. The molecule has 0 unspecified atom stereocenters. The van der Waals surface area contributed by atoms with Crippen molar-refractivity contribution in [1.82, 2.24) is 9.97 Å². The van der Waals surface area contributed by atoms with E-state index >= 15 is 0 Å². The van der Waals surface area contributed by atoms with Crippen LogP contribution in [-0.2, 0) is 0 Å². The van der Waals surface area contributed by atoms with Crippen molar-refractivity contribution in [3.8, 4) is 17.5 Å². The first kappa shape index (κ1) is 11.5. The minimum absolute atomic E-state index is 0.145. The number of hydrogen-bond acceptors (Lipinski definition) is 6. The van der Waals surface area contributed by atoms with Crippen molar-refractivity contribution < 1.29 is 4.42 Å². The minimum atomic E-state index is 0.145. The van der Waals surface area contributed by atoms with E-state index in [1.807, 2.05) is 6.92 Å². The van der Waals surface area contributed by atoms with E-state index in [4.69, 9.17) is 10.2 Å². The molecule has 0 aliphatic carbocycles. The first-order chi connectivity index (χ1) is 8.26. The fourth-order valence-electron chi connectivity index (χ4n) is 1.39. The second-order valence-corrected chi connectivity index (χ2v) is 4.39. The number of nitrogen functional groups attached to an aromatic ring is 1. The van der Waals surface area contributed by atoms with Crippen LogP contribution in [0.2, 0.25) is 0 Å². The number of nitrogens with zero attached hydrogens (tertiary/aromatic N) is 3. The van der Waals surface area contributed by atoms with E-state index in [0.29, 0.717) is 22.0 Å². The van der Waals surface area contributed by atoms with Gasteiger partial charge in [-0.3, -0.25) is 0 Å². The lowest BCUT2D eigenvalue weighted by Gasteiger charge is -2.06. The molecule has 0 bridgehead atoms. The summed E-state index contributed by atoms with van der Waals surface area (Å²) in [6, 6.07) is 5.58. The number of nitriles is 1. The Kier molecular flexibility index (Phi) is 3.30. The molecule has 0 atom stereocenters. The number of hydrogen-bond donors (Lipinski definition) is 1. The fourth-order valence-corrected chi connectivity index (χ4v) is 2.11. The van der Waals surface area contributed by atoms with Crippen LogP contribution < -0.4 is 5.73 Å². The van der Waals surface area contributed by atoms with Gasteiger partial charge in [0.15, 0.2) is 5.76 Å². The predicted octanol–water partition coefficient (Wildman–Crippen LogP) is 2.30. The number of aromatic nitrogens is 2. The number of nitrogens with two attached hydrogens (primary N) is 1. The molecule has 2 heterocycles. The van der Waals surface area contributed by atoms with E-state index in [0.717, 1.165) is 5.75 Å². The smallest absolute Gasteiger partial charge is 0.221 e. The van der Waals surface area contributed by atoms with Gasteiger partial charge in [-0.05, 0) is 17.9 Å². The van der Waals surface area contributed by atoms with Crippen molar-refractivity contribution in [3.63, 3.8) is 0 Å². The number of rotatable bonds is 3. The monoisotopic (exact) mass is 246 g/mol. The Bertz CT molecular complexity index is 560. The highest BCUT2D eigenvalue weighted by Crippen LogP contribution is 2.29. The average molecular weight is 246 g/mol. The minimum Gasteiger partial charge on any atom is -0.463 e. The molecular weight excluding hydrogens is 236 g/mol. The number of thioether (sulfide) groups is 1. The van der Waals surface area contributed by atoms with Crippen LogP contribution in [0.5, 0.6) is 0 Å². The molecule has 2 aromatic heterocycles. The molecule has 0 amide bonds. The second-order valence-electron chi connectivity index (χ2n) is 3.13. The Morgan fingerprint density at radius 1 is 1.53 bits per heavy atom. The summed E-state index contributed by atoms with van der Waals surface area (Å²) < 4.78 is 5.24. The van der Waals surface area contributed by atoms with E-state index in [2.05, 4.69) is 16.0 Å². The van der Waals surface area contributed by atoms with Crippen LogP contribution in [0, 0.1) is 11.3 Å². The quantitative estimate of drug-likeness (QED) is 0.660. The zero-order valence-electron chi connectivity index (χ0n) is 9.17. The van der Waals surface area contributed by atoms with Crippen LogP contribution in [0.1, 0.15) is 12.5 Å². The standard InChI is InChI=1S/C11H10N4OS/c1-2-17-10-7(6-12)9(14-11(13)15-10)8-4-3-5-16-8/h3-5H,2H2,1H3,(H2,13,14,15). The van der Waals surface area contributed by atoms with Gasteiger partial charge in [-0.25, -0.2) is 9.97 Å². The number of anilines is 1. The predicted molar refractivity (Wildman–Crippen MR) is 65.3 cm³/mol. The normalized spacial score (nSPS) is 10.1. The summed E-state index contributed by atoms with van der Waals surface area (Å²) in [6.45, 7) is 1.98. The van der Waals surface area contributed by atoms with Crippen LogP contribution in [0.15, 0.2) is 27.8 Å². The average Bonchev–Trinajstić information content (AvgIpc) is 2.82. The van der Waals surface area contributed by atoms with Crippen LogP contribution in [-0.4, -0.2) is 15.7 Å². The highest BCUT2D eigenvalue weighted by Gasteiger charge is 2.16. The maximum Gasteiger partial charge on any atom is 0.221 e. The molecule has 0 spiro atoms. The Morgan fingerprint density at radius 3 is 2.94 bits per heavy atom. The van der Waals surface area contributed by atoms with Gasteiger partial charge in [0.05, 0.1) is 6.26 Å². The lowest BCUT2D eigenvalue weighted by molar-refractivity contribution is 0.579. The molecule has 2 N–H and O–H groups in total. The molecule has 0 aliphatic rings. The van der Waals surface area contributed by atoms with Gasteiger partial charge in [0.2, 0.25) is 5.95 Å². The molecule has 2 aromatic rings. The van der Waals surface area contributed by atoms with E-state index < -0.39 is 0 Å². The molecule has 0 saturated carbocycles. The molecule has 2 rings (SSSR count). The summed E-state index contributed by atoms with van der Waals surface area (Å²) in [7, 11) is 0. The Morgan fingerprint density at radius 2 is 2.35 bits per heavy atom. The molecule has 0 radical (unpaired) electrons. The zero-order chi connectivity index (χ0) is 12.3. The Labute approximate surface area is 103 Å². The van der Waals surface area contributed by atoms with E-state index in [9.17, 15) is 5.26 Å². The van der Waals surface area contributed by atoms with Crippen molar-refractivity contribution >= 4 is 17.7 Å². The summed E-state index contributed by atoms with van der Waals surface area (Å²) in [5, 5.41) is 9.78. The Hall–Kier alpha value is -2.00. The summed E-state index contributed by atoms with van der Waals surface area (Å²) in [5.41, 5.74) is 6.48. The summed E-state index contributed by atoms with van der Waals surface area (Å²) in [4.78, 5) is 8.14. The molecule has 0 aromatic carbocycles. The lowest BCUT2D eigenvalue weighted by atomic mass is 10.2. The van der Waals surface area contributed by atoms with Gasteiger partial charge in [0.1, 0.15) is 22.4 Å². The van der Waals surface area contributed by atoms with Gasteiger partial charge in [-0.15, -0.1) is 11.8 Å². The van der Waals surface area contributed by atoms with Gasteiger partial charge in [-0.2, -0.15) is 5.26 Å². The van der Waals surface area contributed by atoms with Crippen molar-refractivity contribution in [2.45, 2.75) is 11.9 Å². The molecule has 5 nitrogen and oxygen atoms in total. The van der Waals surface area contributed by atoms with E-state index in [1.54, 1.807) is 12.1 Å². The number of furan rings is 1. The highest BCUT2D eigenvalue weighted by atomic mass is 32.2. The van der Waals surface area contributed by atoms with Crippen LogP contribution in [0.3, 0.4) is 0 Å². The van der Waals surface area contributed by atoms with Crippen LogP contribution in [0.25, 0.3) is 11.5 Å². The largest absolute Gasteiger partial charge is 0.463 e. The molecule has 86 valence electrons. The van der Waals surface area contributed by atoms with Gasteiger partial charge < -0.3 is 10.2 Å². The van der Waals surface area contributed by atoms with Crippen molar-refractivity contribution in [2.24, 2.45) is 0 Å². The maximum absolute atomic E-state index is 9.19. The van der Waals surface area contributed by atoms with Crippen molar-refractivity contribution in [2.75, 3.05) is 11.5 Å². The summed E-state index contributed by atoms with van der Waals surface area (Å²) in [5.74, 6) is 1.47. The summed E-state index contributed by atoms with van der Waals surface area (Å²) in [6.07, 6.45) is 1.53. The first-order valence-corrected chi connectivity index (χ1v) is 5.99. The van der Waals surface area contributed by atoms with Crippen molar-refractivity contribution in [3.05, 3.63) is 24.0 Å². The maximum atomic E-state index is 9.19. The van der Waals surface area contributed by atoms with Crippen LogP contribution in [0.4, 0.5) is 5.95 Å². The third kappa shape index (κ3) is 2.24. The molecule has 6 heteroatoms. The third-order valence-electron chi connectivity index (χ3n) is 2.04. The second kappa shape index (κ2) is 4.89. The van der Waals surface area contributed by atoms with Gasteiger partial charge in [0.25, 0.3) is 0 Å². The lowest BCUT2D eigenvalue weighted by Crippen LogP contribution is -2.02. The zero-order valence-corrected chi connectivity index (χ0v) is 9.99. The molecule has 17 heavy (non-hydrogen) atoms. The van der Waals surface area contributed by atoms with E-state index in [1.165, 1.54) is 18.0 Å². The topological polar surface area (TPSA) is 88.7 Å². The molecule has 0 aliphatic heterocycles. The Balaban J connectivity index is 2.62. The molecule has 0 saturated heterocycles. The SMILES string of the molecule is CCSc1nc(N)nc(-c2ccco2)c1C#N. The van der Waals surface area contributed by atoms with Gasteiger partial charge in [0, 0.05) is 0 Å². The van der Waals surface area contributed by atoms with Gasteiger partial charge >= 0.3 is 0 Å². The van der Waals surface area contributed by atoms with Crippen molar-refractivity contribution in [1.29, 1.82) is 5.26 Å². The van der Waals surface area contributed by atoms with E-state index in [-0.39, 0.29) is 5.95 Å². The van der Waals surface area contributed by atoms with Gasteiger partial charge in [-0.1, -0.05) is 6.92 Å². The third-order valence-corrected chi connectivity index (χ3v) is 2.90.